The zero-order valence-corrected chi connectivity index (χ0v) is 8.56. The number of nitriles is 1. The summed E-state index contributed by atoms with van der Waals surface area (Å²) in [7, 11) is 0. The quantitative estimate of drug-likeness (QED) is 0.708. The third kappa shape index (κ3) is 1.86. The molecule has 1 nitrogen and oxygen atoms in total. The van der Waals surface area contributed by atoms with Crippen molar-refractivity contribution in [1.29, 1.82) is 5.26 Å². The van der Waals surface area contributed by atoms with Gasteiger partial charge in [-0.15, -0.1) is 0 Å². The SMILES string of the molecule is CCc1ccc(CBr)c(C#N)c1. The van der Waals surface area contributed by atoms with Crippen LogP contribution in [0.5, 0.6) is 0 Å². The number of hydrogen-bond donors (Lipinski definition) is 0. The van der Waals surface area contributed by atoms with Crippen molar-refractivity contribution < 1.29 is 0 Å². The van der Waals surface area contributed by atoms with Crippen molar-refractivity contribution in [2.24, 2.45) is 0 Å². The van der Waals surface area contributed by atoms with E-state index < -0.39 is 0 Å². The minimum Gasteiger partial charge on any atom is -0.192 e. The number of aryl methyl sites for hydroxylation is 1. The lowest BCUT2D eigenvalue weighted by Gasteiger charge is -2.01. The predicted molar refractivity (Wildman–Crippen MR) is 53.2 cm³/mol. The van der Waals surface area contributed by atoms with Gasteiger partial charge in [-0.3, -0.25) is 0 Å². The fourth-order valence-corrected chi connectivity index (χ4v) is 1.55. The highest BCUT2D eigenvalue weighted by molar-refractivity contribution is 9.08. The molecule has 2 heteroatoms. The molecule has 62 valence electrons. The van der Waals surface area contributed by atoms with Gasteiger partial charge in [0.1, 0.15) is 0 Å². The van der Waals surface area contributed by atoms with E-state index in [0.29, 0.717) is 0 Å². The van der Waals surface area contributed by atoms with Crippen molar-refractivity contribution in [2.45, 2.75) is 18.7 Å². The number of nitrogens with zero attached hydrogens (tertiary/aromatic N) is 1. The Morgan fingerprint density at radius 1 is 1.50 bits per heavy atom. The van der Waals surface area contributed by atoms with Crippen LogP contribution in [0.1, 0.15) is 23.6 Å². The molecule has 0 atom stereocenters. The maximum absolute atomic E-state index is 8.80. The molecule has 0 aromatic heterocycles. The van der Waals surface area contributed by atoms with E-state index in [4.69, 9.17) is 5.26 Å². The van der Waals surface area contributed by atoms with E-state index in [0.717, 1.165) is 22.9 Å². The Morgan fingerprint density at radius 2 is 2.25 bits per heavy atom. The van der Waals surface area contributed by atoms with Gasteiger partial charge in [-0.05, 0) is 23.6 Å². The molecule has 0 aliphatic carbocycles. The van der Waals surface area contributed by atoms with Gasteiger partial charge in [-0.25, -0.2) is 0 Å². The van der Waals surface area contributed by atoms with Crippen LogP contribution in [0, 0.1) is 11.3 Å². The molecular formula is C10H10BrN. The van der Waals surface area contributed by atoms with Crippen molar-refractivity contribution in [1.82, 2.24) is 0 Å². The number of halogens is 1. The van der Waals surface area contributed by atoms with Crippen LogP contribution in [0.2, 0.25) is 0 Å². The minimum absolute atomic E-state index is 0.750. The molecule has 0 aliphatic heterocycles. The predicted octanol–water partition coefficient (Wildman–Crippen LogP) is 3.02. The second-order valence-corrected chi connectivity index (χ2v) is 3.15. The Kier molecular flexibility index (Phi) is 3.31. The summed E-state index contributed by atoms with van der Waals surface area (Å²) in [4.78, 5) is 0. The van der Waals surface area contributed by atoms with Crippen LogP contribution in [-0.4, -0.2) is 0 Å². The molecule has 0 radical (unpaired) electrons. The molecule has 0 unspecified atom stereocenters. The number of alkyl halides is 1. The molecule has 0 fully saturated rings. The van der Waals surface area contributed by atoms with Gasteiger partial charge in [0.25, 0.3) is 0 Å². The highest BCUT2D eigenvalue weighted by atomic mass is 79.9. The fourth-order valence-electron chi connectivity index (χ4n) is 1.06. The summed E-state index contributed by atoms with van der Waals surface area (Å²) < 4.78 is 0. The van der Waals surface area contributed by atoms with Crippen LogP contribution in [-0.2, 0) is 11.8 Å². The molecule has 0 spiro atoms. The van der Waals surface area contributed by atoms with E-state index in [1.165, 1.54) is 5.56 Å². The zero-order chi connectivity index (χ0) is 8.97. The lowest BCUT2D eigenvalue weighted by molar-refractivity contribution is 1.13. The van der Waals surface area contributed by atoms with Crippen molar-refractivity contribution in [2.75, 3.05) is 0 Å². The molecule has 1 aromatic carbocycles. The standard InChI is InChI=1S/C10H10BrN/c1-2-8-3-4-9(6-11)10(5-8)7-12/h3-5H,2,6H2,1H3. The molecule has 0 saturated heterocycles. The summed E-state index contributed by atoms with van der Waals surface area (Å²) in [5.41, 5.74) is 3.07. The molecule has 0 aliphatic rings. The third-order valence-corrected chi connectivity index (χ3v) is 2.45. The highest BCUT2D eigenvalue weighted by Gasteiger charge is 2.00. The van der Waals surface area contributed by atoms with Crippen LogP contribution in [0.3, 0.4) is 0 Å². The van der Waals surface area contributed by atoms with Gasteiger partial charge in [0, 0.05) is 5.33 Å². The number of hydrogen-bond acceptors (Lipinski definition) is 1. The van der Waals surface area contributed by atoms with Gasteiger partial charge in [0.2, 0.25) is 0 Å². The molecule has 1 rings (SSSR count). The average molecular weight is 224 g/mol. The van der Waals surface area contributed by atoms with Gasteiger partial charge < -0.3 is 0 Å². The van der Waals surface area contributed by atoms with E-state index in [9.17, 15) is 0 Å². The van der Waals surface area contributed by atoms with Crippen LogP contribution < -0.4 is 0 Å². The van der Waals surface area contributed by atoms with Gasteiger partial charge in [0.05, 0.1) is 11.6 Å². The molecule has 0 amide bonds. The summed E-state index contributed by atoms with van der Waals surface area (Å²) in [6.07, 6.45) is 0.983. The topological polar surface area (TPSA) is 23.8 Å². The summed E-state index contributed by atoms with van der Waals surface area (Å²) in [5.74, 6) is 0. The third-order valence-electron chi connectivity index (χ3n) is 1.85. The number of benzene rings is 1. The first-order chi connectivity index (χ1) is 5.81. The smallest absolute Gasteiger partial charge is 0.0994 e. The van der Waals surface area contributed by atoms with E-state index in [2.05, 4.69) is 35.0 Å². The Morgan fingerprint density at radius 3 is 2.75 bits per heavy atom. The molecular weight excluding hydrogens is 214 g/mol. The maximum atomic E-state index is 8.80. The summed E-state index contributed by atoms with van der Waals surface area (Å²) in [6, 6.07) is 8.22. The molecule has 0 saturated carbocycles. The maximum Gasteiger partial charge on any atom is 0.0994 e. The highest BCUT2D eigenvalue weighted by Crippen LogP contribution is 2.14. The first kappa shape index (κ1) is 9.28. The Balaban J connectivity index is 3.13. The van der Waals surface area contributed by atoms with Gasteiger partial charge in [0.15, 0.2) is 0 Å². The monoisotopic (exact) mass is 223 g/mol. The molecule has 0 N–H and O–H groups in total. The van der Waals surface area contributed by atoms with E-state index in [1.54, 1.807) is 0 Å². The van der Waals surface area contributed by atoms with E-state index >= 15 is 0 Å². The van der Waals surface area contributed by atoms with Crippen molar-refractivity contribution in [3.8, 4) is 6.07 Å². The second-order valence-electron chi connectivity index (χ2n) is 2.59. The number of rotatable bonds is 2. The first-order valence-corrected chi connectivity index (χ1v) is 5.01. The van der Waals surface area contributed by atoms with E-state index in [1.807, 2.05) is 12.1 Å². The van der Waals surface area contributed by atoms with Crippen LogP contribution in [0.25, 0.3) is 0 Å². The van der Waals surface area contributed by atoms with Gasteiger partial charge in [-0.2, -0.15) is 5.26 Å². The average Bonchev–Trinajstić information content (AvgIpc) is 2.16. The summed E-state index contributed by atoms with van der Waals surface area (Å²) in [6.45, 7) is 2.09. The largest absolute Gasteiger partial charge is 0.192 e. The van der Waals surface area contributed by atoms with Crippen LogP contribution in [0.15, 0.2) is 18.2 Å². The van der Waals surface area contributed by atoms with Crippen LogP contribution >= 0.6 is 15.9 Å². The molecule has 1 aromatic rings. The molecule has 0 heterocycles. The minimum atomic E-state index is 0.750. The Labute approximate surface area is 81.2 Å². The first-order valence-electron chi connectivity index (χ1n) is 3.89. The van der Waals surface area contributed by atoms with Gasteiger partial charge in [-0.1, -0.05) is 35.0 Å². The van der Waals surface area contributed by atoms with Gasteiger partial charge >= 0.3 is 0 Å². The molecule has 12 heavy (non-hydrogen) atoms. The summed E-state index contributed by atoms with van der Waals surface area (Å²) >= 11 is 3.34. The Bertz CT molecular complexity index is 312. The lowest BCUT2D eigenvalue weighted by atomic mass is 10.0. The summed E-state index contributed by atoms with van der Waals surface area (Å²) in [5, 5.41) is 9.55. The van der Waals surface area contributed by atoms with E-state index in [-0.39, 0.29) is 0 Å². The molecule has 0 bridgehead atoms. The van der Waals surface area contributed by atoms with Crippen molar-refractivity contribution in [3.63, 3.8) is 0 Å². The zero-order valence-electron chi connectivity index (χ0n) is 6.97. The van der Waals surface area contributed by atoms with Crippen molar-refractivity contribution >= 4 is 15.9 Å². The normalized spacial score (nSPS) is 9.42. The van der Waals surface area contributed by atoms with Crippen molar-refractivity contribution in [3.05, 3.63) is 34.9 Å². The lowest BCUT2D eigenvalue weighted by Crippen LogP contribution is -1.88. The fraction of sp³-hybridized carbons (Fsp3) is 0.300. The Hall–Kier alpha value is -0.810. The van der Waals surface area contributed by atoms with Crippen LogP contribution in [0.4, 0.5) is 0 Å². The second kappa shape index (κ2) is 4.27.